The van der Waals surface area contributed by atoms with E-state index in [9.17, 15) is 9.59 Å². The average Bonchev–Trinajstić information content (AvgIpc) is 2.40. The molecule has 0 aromatic heterocycles. The summed E-state index contributed by atoms with van der Waals surface area (Å²) >= 11 is 0. The van der Waals surface area contributed by atoms with Gasteiger partial charge in [-0.25, -0.2) is 0 Å². The highest BCUT2D eigenvalue weighted by Crippen LogP contribution is 2.35. The lowest BCUT2D eigenvalue weighted by molar-refractivity contribution is -0.153. The number of rotatable bonds is 6. The Bertz CT molecular complexity index is 353. The van der Waals surface area contributed by atoms with Gasteiger partial charge in [0.15, 0.2) is 0 Å². The molecule has 0 radical (unpaired) electrons. The van der Waals surface area contributed by atoms with E-state index >= 15 is 0 Å². The Labute approximate surface area is 110 Å². The van der Waals surface area contributed by atoms with Crippen molar-refractivity contribution in [1.82, 2.24) is 0 Å². The molecule has 3 heteroatoms. The number of carbonyl (C=O) groups excluding carboxylic acids is 2. The lowest BCUT2D eigenvalue weighted by Gasteiger charge is -2.28. The highest BCUT2D eigenvalue weighted by atomic mass is 16.6. The molecule has 1 unspecified atom stereocenters. The molecular formula is C15H24O3. The van der Waals surface area contributed by atoms with E-state index in [1.54, 1.807) is 0 Å². The molecule has 0 aromatic rings. The highest BCUT2D eigenvalue weighted by molar-refractivity contribution is 5.94. The van der Waals surface area contributed by atoms with Crippen LogP contribution in [0.25, 0.3) is 0 Å². The third-order valence-electron chi connectivity index (χ3n) is 3.19. The molecule has 1 fully saturated rings. The number of ether oxygens (including phenoxy) is 1. The molecule has 3 nitrogen and oxygen atoms in total. The molecule has 1 saturated heterocycles. The van der Waals surface area contributed by atoms with Gasteiger partial charge in [-0.3, -0.25) is 9.59 Å². The van der Waals surface area contributed by atoms with Gasteiger partial charge in [-0.1, -0.05) is 39.8 Å². The maximum atomic E-state index is 11.4. The fourth-order valence-corrected chi connectivity index (χ4v) is 2.95. The summed E-state index contributed by atoms with van der Waals surface area (Å²) in [6.07, 6.45) is 2.80. The Kier molecular flexibility index (Phi) is 4.71. The molecule has 0 saturated carbocycles. The lowest BCUT2D eigenvalue weighted by atomic mass is 9.77. The molecule has 18 heavy (non-hydrogen) atoms. The zero-order valence-electron chi connectivity index (χ0n) is 11.9. The van der Waals surface area contributed by atoms with Crippen molar-refractivity contribution in [2.24, 2.45) is 17.3 Å². The van der Waals surface area contributed by atoms with Crippen LogP contribution in [0.4, 0.5) is 0 Å². The Morgan fingerprint density at radius 3 is 2.50 bits per heavy atom. The minimum Gasteiger partial charge on any atom is -0.393 e. The maximum Gasteiger partial charge on any atom is 0.317 e. The average molecular weight is 252 g/mol. The molecule has 0 N–H and O–H groups in total. The first-order chi connectivity index (χ1) is 8.19. The van der Waals surface area contributed by atoms with E-state index < -0.39 is 5.97 Å². The van der Waals surface area contributed by atoms with Crippen LogP contribution in [0.15, 0.2) is 12.2 Å². The third kappa shape index (κ3) is 4.63. The van der Waals surface area contributed by atoms with Crippen molar-refractivity contribution in [2.75, 3.05) is 0 Å². The lowest BCUT2D eigenvalue weighted by Crippen LogP contribution is -2.17. The summed E-state index contributed by atoms with van der Waals surface area (Å²) in [5.74, 6) is -0.451. The molecular weight excluding hydrogens is 228 g/mol. The minimum atomic E-state index is -0.403. The summed E-state index contributed by atoms with van der Waals surface area (Å²) in [6, 6.07) is 0. The van der Waals surface area contributed by atoms with E-state index in [2.05, 4.69) is 39.0 Å². The highest BCUT2D eigenvalue weighted by Gasteiger charge is 2.34. The second-order valence-electron chi connectivity index (χ2n) is 6.59. The number of carbonyl (C=O) groups is 2. The van der Waals surface area contributed by atoms with Crippen LogP contribution in [0, 0.1) is 17.3 Å². The van der Waals surface area contributed by atoms with Crippen molar-refractivity contribution in [3.63, 3.8) is 0 Å². The van der Waals surface area contributed by atoms with Gasteiger partial charge in [0.2, 0.25) is 0 Å². The Morgan fingerprint density at radius 1 is 1.44 bits per heavy atom. The minimum absolute atomic E-state index is 0.192. The summed E-state index contributed by atoms with van der Waals surface area (Å²) in [7, 11) is 0. The van der Waals surface area contributed by atoms with Gasteiger partial charge in [0.1, 0.15) is 0 Å². The fourth-order valence-electron chi connectivity index (χ4n) is 2.95. The summed E-state index contributed by atoms with van der Waals surface area (Å²) < 4.78 is 4.55. The molecule has 0 aromatic carbocycles. The quantitative estimate of drug-likeness (QED) is 0.413. The molecule has 0 bridgehead atoms. The van der Waals surface area contributed by atoms with Gasteiger partial charge in [0.05, 0.1) is 12.3 Å². The van der Waals surface area contributed by atoms with Gasteiger partial charge in [-0.05, 0) is 30.6 Å². The van der Waals surface area contributed by atoms with Crippen LogP contribution in [0.3, 0.4) is 0 Å². The zero-order chi connectivity index (χ0) is 13.9. The molecule has 0 spiro atoms. The Balaban J connectivity index is 2.47. The Hall–Kier alpha value is -1.12. The van der Waals surface area contributed by atoms with Gasteiger partial charge < -0.3 is 4.74 Å². The van der Waals surface area contributed by atoms with Crippen molar-refractivity contribution >= 4 is 11.9 Å². The molecule has 102 valence electrons. The topological polar surface area (TPSA) is 43.4 Å². The van der Waals surface area contributed by atoms with Gasteiger partial charge >= 0.3 is 11.9 Å². The van der Waals surface area contributed by atoms with E-state index in [-0.39, 0.29) is 23.7 Å². The first kappa shape index (κ1) is 14.9. The monoisotopic (exact) mass is 252 g/mol. The molecule has 1 heterocycles. The molecule has 0 amide bonds. The maximum absolute atomic E-state index is 11.4. The first-order valence-electron chi connectivity index (χ1n) is 6.61. The standard InChI is InChI=1S/C15H24O3/c1-10(2)8-15(4,5)9-11(3)6-12-7-13(16)18-14(12)17/h10,12H,3,6-9H2,1-2,4-5H3. The molecule has 1 rings (SSSR count). The largest absolute Gasteiger partial charge is 0.393 e. The van der Waals surface area contributed by atoms with Crippen LogP contribution < -0.4 is 0 Å². The van der Waals surface area contributed by atoms with E-state index in [1.165, 1.54) is 0 Å². The first-order valence-corrected chi connectivity index (χ1v) is 6.61. The normalized spacial score (nSPS) is 20.4. The van der Waals surface area contributed by atoms with Gasteiger partial charge in [-0.15, -0.1) is 0 Å². The van der Waals surface area contributed by atoms with Crippen molar-refractivity contribution in [3.05, 3.63) is 12.2 Å². The number of esters is 2. The van der Waals surface area contributed by atoms with Gasteiger partial charge in [0.25, 0.3) is 0 Å². The summed E-state index contributed by atoms with van der Waals surface area (Å²) in [4.78, 5) is 22.4. The predicted octanol–water partition coefficient (Wildman–Crippen LogP) is 3.48. The molecule has 1 aliphatic heterocycles. The van der Waals surface area contributed by atoms with Crippen molar-refractivity contribution in [3.8, 4) is 0 Å². The number of allylic oxidation sites excluding steroid dienone is 1. The predicted molar refractivity (Wildman–Crippen MR) is 70.8 cm³/mol. The van der Waals surface area contributed by atoms with Crippen LogP contribution in [0.2, 0.25) is 0 Å². The Morgan fingerprint density at radius 2 is 2.06 bits per heavy atom. The van der Waals surface area contributed by atoms with E-state index in [0.717, 1.165) is 18.4 Å². The van der Waals surface area contributed by atoms with Crippen molar-refractivity contribution < 1.29 is 14.3 Å². The second-order valence-corrected chi connectivity index (χ2v) is 6.59. The van der Waals surface area contributed by atoms with E-state index in [1.807, 2.05) is 0 Å². The van der Waals surface area contributed by atoms with E-state index in [4.69, 9.17) is 0 Å². The van der Waals surface area contributed by atoms with Crippen LogP contribution in [-0.4, -0.2) is 11.9 Å². The fraction of sp³-hybridized carbons (Fsp3) is 0.733. The number of hydrogen-bond acceptors (Lipinski definition) is 3. The van der Waals surface area contributed by atoms with Crippen LogP contribution >= 0.6 is 0 Å². The number of hydrogen-bond donors (Lipinski definition) is 0. The molecule has 1 atom stereocenters. The zero-order valence-corrected chi connectivity index (χ0v) is 11.9. The van der Waals surface area contributed by atoms with E-state index in [0.29, 0.717) is 12.3 Å². The molecule has 1 aliphatic rings. The van der Waals surface area contributed by atoms with Crippen LogP contribution in [0.5, 0.6) is 0 Å². The summed E-state index contributed by atoms with van der Waals surface area (Å²) in [5.41, 5.74) is 1.23. The summed E-state index contributed by atoms with van der Waals surface area (Å²) in [5, 5.41) is 0. The van der Waals surface area contributed by atoms with Gasteiger partial charge in [-0.2, -0.15) is 0 Å². The van der Waals surface area contributed by atoms with Crippen molar-refractivity contribution in [2.45, 2.75) is 53.4 Å². The molecule has 0 aliphatic carbocycles. The van der Waals surface area contributed by atoms with Gasteiger partial charge in [0, 0.05) is 0 Å². The van der Waals surface area contributed by atoms with Crippen LogP contribution in [-0.2, 0) is 14.3 Å². The van der Waals surface area contributed by atoms with Crippen LogP contribution in [0.1, 0.15) is 53.4 Å². The summed E-state index contributed by atoms with van der Waals surface area (Å²) in [6.45, 7) is 12.9. The second kappa shape index (κ2) is 5.68. The third-order valence-corrected chi connectivity index (χ3v) is 3.19. The SMILES string of the molecule is C=C(CC1CC(=O)OC1=O)CC(C)(C)CC(C)C. The smallest absolute Gasteiger partial charge is 0.317 e. The number of cyclic esters (lactones) is 2. The van der Waals surface area contributed by atoms with Crippen molar-refractivity contribution in [1.29, 1.82) is 0 Å².